The zero-order chi connectivity index (χ0) is 51.2. The first kappa shape index (κ1) is 45.9. The van der Waals surface area contributed by atoms with E-state index in [0.29, 0.717) is 11.8 Å². The third-order valence-electron chi connectivity index (χ3n) is 17.1. The standard InChI is InChI=1S/C71H61BN2S/c1-42(2)46-24-30-51(31-25-46)73-62-41-49(57-40-48(43(3)4)26-35-53(57)47-17-11-10-12-18-47)27-36-61(62)72-66-63(73)38-45(6)39-64(66)74(52-32-28-50(29-33-52)70(7,8)9)67-65-56-34-23-44(5)37-60(56)71(68(65)75-69(67)72)58-21-15-13-19-54(58)55-20-14-16-22-59(55)71/h10-43H,1-9H3. The monoisotopic (exact) mass is 984 g/mol. The Morgan fingerprint density at radius 1 is 0.467 bits per heavy atom. The number of anilines is 6. The van der Waals surface area contributed by atoms with Gasteiger partial charge in [-0.2, -0.15) is 0 Å². The van der Waals surface area contributed by atoms with E-state index >= 15 is 0 Å². The second kappa shape index (κ2) is 16.7. The van der Waals surface area contributed by atoms with Crippen molar-refractivity contribution in [1.82, 2.24) is 0 Å². The topological polar surface area (TPSA) is 6.48 Å². The van der Waals surface area contributed by atoms with E-state index in [-0.39, 0.29) is 12.1 Å². The average molecular weight is 985 g/mol. The van der Waals surface area contributed by atoms with Gasteiger partial charge in [0.25, 0.3) is 6.71 Å². The molecule has 0 N–H and O–H groups in total. The first-order valence-electron chi connectivity index (χ1n) is 27.1. The maximum atomic E-state index is 2.68. The molecule has 0 fully saturated rings. The number of hydrogen-bond donors (Lipinski definition) is 0. The molecular weight excluding hydrogens is 924 g/mol. The molecule has 9 aromatic carbocycles. The highest BCUT2D eigenvalue weighted by atomic mass is 32.1. The van der Waals surface area contributed by atoms with E-state index in [1.165, 1.54) is 144 Å². The molecule has 10 aromatic rings. The number of thiophene rings is 1. The van der Waals surface area contributed by atoms with E-state index < -0.39 is 5.41 Å². The van der Waals surface area contributed by atoms with Crippen LogP contribution in [0.1, 0.15) is 110 Å². The summed E-state index contributed by atoms with van der Waals surface area (Å²) in [6.45, 7) is 20.7. The van der Waals surface area contributed by atoms with Crippen molar-refractivity contribution in [2.45, 2.75) is 85.0 Å². The molecule has 14 rings (SSSR count). The van der Waals surface area contributed by atoms with Crippen molar-refractivity contribution in [2.75, 3.05) is 9.80 Å². The van der Waals surface area contributed by atoms with Gasteiger partial charge >= 0.3 is 0 Å². The highest BCUT2D eigenvalue weighted by Gasteiger charge is 2.57. The SMILES string of the molecule is Cc1cc2c3c(c1)N(c1ccc(C(C)(C)C)cc1)c1c(sc4c1-c1ccc(C)cc1C41c4ccccc4-c4ccccc41)B3c1ccc(-c3cc(C(C)C)ccc3-c3ccccc3)cc1N2c1ccc(C(C)C)cc1. The fourth-order valence-electron chi connectivity index (χ4n) is 13.4. The lowest BCUT2D eigenvalue weighted by atomic mass is 9.36. The Labute approximate surface area is 448 Å². The molecule has 4 aliphatic rings. The predicted octanol–water partition coefficient (Wildman–Crippen LogP) is 17.7. The number of fused-ring (bicyclic) bond motifs is 15. The Kier molecular flexibility index (Phi) is 10.2. The van der Waals surface area contributed by atoms with Gasteiger partial charge in [-0.05, 0) is 162 Å². The summed E-state index contributed by atoms with van der Waals surface area (Å²) in [6, 6.07) is 75.3. The molecule has 0 amide bonds. The van der Waals surface area contributed by atoms with Gasteiger partial charge in [0.2, 0.25) is 0 Å². The van der Waals surface area contributed by atoms with Crippen LogP contribution in [-0.2, 0) is 10.8 Å². The minimum Gasteiger partial charge on any atom is -0.311 e. The molecule has 0 radical (unpaired) electrons. The molecule has 0 unspecified atom stereocenters. The van der Waals surface area contributed by atoms with Crippen molar-refractivity contribution in [1.29, 1.82) is 0 Å². The summed E-state index contributed by atoms with van der Waals surface area (Å²) < 4.78 is 1.40. The van der Waals surface area contributed by atoms with Crippen molar-refractivity contribution in [3.05, 3.63) is 244 Å². The van der Waals surface area contributed by atoms with Crippen LogP contribution < -0.4 is 25.5 Å². The van der Waals surface area contributed by atoms with Crippen LogP contribution in [0.4, 0.5) is 34.1 Å². The summed E-state index contributed by atoms with van der Waals surface area (Å²) in [7, 11) is 0. The largest absolute Gasteiger partial charge is 0.311 e. The summed E-state index contributed by atoms with van der Waals surface area (Å²) in [5, 5.41) is 0. The normalized spacial score (nSPS) is 14.2. The van der Waals surface area contributed by atoms with E-state index in [1.54, 1.807) is 0 Å². The smallest absolute Gasteiger partial charge is 0.264 e. The van der Waals surface area contributed by atoms with Gasteiger partial charge in [-0.15, -0.1) is 11.3 Å². The summed E-state index contributed by atoms with van der Waals surface area (Å²) in [6.07, 6.45) is 0. The average Bonchev–Trinajstić information content (AvgIpc) is 4.25. The highest BCUT2D eigenvalue weighted by Crippen LogP contribution is 2.67. The zero-order valence-electron chi connectivity index (χ0n) is 44.5. The van der Waals surface area contributed by atoms with Gasteiger partial charge in [-0.25, -0.2) is 0 Å². The third kappa shape index (κ3) is 6.64. The minimum absolute atomic E-state index is 0.0153. The van der Waals surface area contributed by atoms with Crippen LogP contribution in [0, 0.1) is 13.8 Å². The number of rotatable bonds is 6. The van der Waals surface area contributed by atoms with Crippen LogP contribution in [0.3, 0.4) is 0 Å². The Morgan fingerprint density at radius 3 is 1.73 bits per heavy atom. The van der Waals surface area contributed by atoms with Gasteiger partial charge in [0, 0.05) is 43.7 Å². The molecule has 0 saturated carbocycles. The lowest BCUT2D eigenvalue weighted by Crippen LogP contribution is -2.60. The van der Waals surface area contributed by atoms with Gasteiger partial charge < -0.3 is 9.80 Å². The molecule has 2 nitrogen and oxygen atoms in total. The van der Waals surface area contributed by atoms with E-state index in [1.807, 2.05) is 0 Å². The number of nitrogens with zero attached hydrogens (tertiary/aromatic N) is 2. The first-order valence-corrected chi connectivity index (χ1v) is 27.9. The third-order valence-corrected chi connectivity index (χ3v) is 18.4. The number of hydrogen-bond acceptors (Lipinski definition) is 3. The minimum atomic E-state index is -0.473. The molecule has 2 aliphatic carbocycles. The fraction of sp³-hybridized carbons (Fsp3) is 0.183. The molecule has 0 atom stereocenters. The number of benzene rings is 9. The molecule has 1 aromatic heterocycles. The van der Waals surface area contributed by atoms with Crippen LogP contribution >= 0.6 is 11.3 Å². The van der Waals surface area contributed by atoms with Gasteiger partial charge in [0.15, 0.2) is 0 Å². The van der Waals surface area contributed by atoms with Gasteiger partial charge in [-0.1, -0.05) is 206 Å². The summed E-state index contributed by atoms with van der Waals surface area (Å²) in [4.78, 5) is 6.71. The molecule has 0 bridgehead atoms. The van der Waals surface area contributed by atoms with Crippen LogP contribution in [-0.4, -0.2) is 6.71 Å². The Hall–Kier alpha value is -7.66. The van der Waals surface area contributed by atoms with Crippen molar-refractivity contribution < 1.29 is 0 Å². The van der Waals surface area contributed by atoms with Gasteiger partial charge in [0.1, 0.15) is 0 Å². The van der Waals surface area contributed by atoms with Crippen molar-refractivity contribution in [3.63, 3.8) is 0 Å². The van der Waals surface area contributed by atoms with E-state index in [0.717, 1.165) is 0 Å². The highest BCUT2D eigenvalue weighted by molar-refractivity contribution is 7.30. The molecule has 3 heterocycles. The molecule has 2 aliphatic heterocycles. The second-order valence-corrected chi connectivity index (χ2v) is 24.4. The quantitative estimate of drug-likeness (QED) is 0.153. The van der Waals surface area contributed by atoms with Crippen molar-refractivity contribution in [2.24, 2.45) is 0 Å². The lowest BCUT2D eigenvalue weighted by Gasteiger charge is -2.44. The molecular formula is C71H61BN2S. The Bertz CT molecular complexity index is 3920. The molecule has 364 valence electrons. The summed E-state index contributed by atoms with van der Waals surface area (Å²) in [5.74, 6) is 0.814. The molecule has 0 saturated heterocycles. The van der Waals surface area contributed by atoms with Crippen molar-refractivity contribution in [3.8, 4) is 44.5 Å². The maximum absolute atomic E-state index is 2.68. The molecule has 1 spiro atoms. The summed E-state index contributed by atoms with van der Waals surface area (Å²) >= 11 is 2.07. The second-order valence-electron chi connectivity index (χ2n) is 23.4. The Balaban J connectivity index is 1.10. The molecule has 75 heavy (non-hydrogen) atoms. The summed E-state index contributed by atoms with van der Waals surface area (Å²) in [5.41, 5.74) is 30.7. The maximum Gasteiger partial charge on any atom is 0.264 e. The Morgan fingerprint density at radius 2 is 1.07 bits per heavy atom. The zero-order valence-corrected chi connectivity index (χ0v) is 45.3. The predicted molar refractivity (Wildman–Crippen MR) is 322 cm³/mol. The van der Waals surface area contributed by atoms with Crippen LogP contribution in [0.5, 0.6) is 0 Å². The van der Waals surface area contributed by atoms with Crippen LogP contribution in [0.2, 0.25) is 0 Å². The van der Waals surface area contributed by atoms with Crippen LogP contribution in [0.15, 0.2) is 194 Å². The van der Waals surface area contributed by atoms with E-state index in [9.17, 15) is 0 Å². The molecule has 4 heteroatoms. The van der Waals surface area contributed by atoms with Gasteiger partial charge in [0.05, 0.1) is 11.1 Å². The van der Waals surface area contributed by atoms with E-state index in [2.05, 4.69) is 278 Å². The van der Waals surface area contributed by atoms with Crippen molar-refractivity contribution >= 4 is 67.9 Å². The van der Waals surface area contributed by atoms with Crippen LogP contribution in [0.25, 0.3) is 44.5 Å². The van der Waals surface area contributed by atoms with E-state index in [4.69, 9.17) is 0 Å². The lowest BCUT2D eigenvalue weighted by molar-refractivity contribution is 0.590. The fourth-order valence-corrected chi connectivity index (χ4v) is 15.1. The van der Waals surface area contributed by atoms with Gasteiger partial charge in [-0.3, -0.25) is 0 Å². The number of aryl methyl sites for hydroxylation is 2. The first-order chi connectivity index (χ1) is 36.3.